The Balaban J connectivity index is 1.38. The Bertz CT molecular complexity index is 2280. The number of aromatic nitrogens is 1. The fourth-order valence-electron chi connectivity index (χ4n) is 6.22. The molecule has 0 fully saturated rings. The maximum Gasteiger partial charge on any atom is 0.188 e. The molecule has 8 rings (SSSR count). The van der Waals surface area contributed by atoms with Gasteiger partial charge >= 0.3 is 0 Å². The normalized spacial score (nSPS) is 11.6. The highest BCUT2D eigenvalue weighted by molar-refractivity contribution is 6.20. The minimum atomic E-state index is 0.663. The number of hydrogen-bond acceptors (Lipinski definition) is 0. The summed E-state index contributed by atoms with van der Waals surface area (Å²) in [7, 11) is 0. The van der Waals surface area contributed by atoms with Crippen LogP contribution in [0, 0.1) is 6.57 Å². The Hall–Kier alpha value is -5.39. The average Bonchev–Trinajstić information content (AvgIpc) is 3.33. The molecule has 0 N–H and O–H groups in total. The molecule has 39 heavy (non-hydrogen) atoms. The van der Waals surface area contributed by atoms with Gasteiger partial charge in [-0.2, -0.15) is 0 Å². The first-order chi connectivity index (χ1) is 19.3. The number of nitrogens with zero attached hydrogens (tertiary/aromatic N) is 2. The number of hydrogen-bond donors (Lipinski definition) is 0. The van der Waals surface area contributed by atoms with Crippen molar-refractivity contribution in [1.29, 1.82) is 0 Å². The van der Waals surface area contributed by atoms with Crippen LogP contribution >= 0.6 is 0 Å². The molecule has 1 heterocycles. The topological polar surface area (TPSA) is 9.29 Å². The van der Waals surface area contributed by atoms with Crippen LogP contribution in [0.2, 0.25) is 0 Å². The zero-order valence-electron chi connectivity index (χ0n) is 21.1. The lowest BCUT2D eigenvalue weighted by atomic mass is 9.90. The van der Waals surface area contributed by atoms with Gasteiger partial charge in [0.05, 0.1) is 17.6 Å². The second kappa shape index (κ2) is 8.31. The lowest BCUT2D eigenvalue weighted by Gasteiger charge is -2.15. The van der Waals surface area contributed by atoms with Crippen LogP contribution in [0.4, 0.5) is 5.69 Å². The summed E-state index contributed by atoms with van der Waals surface area (Å²) >= 11 is 0. The standard InChI is InChI=1S/C37H22N2/c1-38-27-17-21-36-34(23-27)31-12-6-7-13-35(31)39(36)28-18-14-25(15-19-28)37-30-11-5-3-9-26(30)22-33-29-10-4-2-8-24(29)16-20-32(33)37/h2-23H. The first-order valence-electron chi connectivity index (χ1n) is 13.1. The van der Waals surface area contributed by atoms with Gasteiger partial charge in [0.15, 0.2) is 5.69 Å². The van der Waals surface area contributed by atoms with Crippen molar-refractivity contribution in [1.82, 2.24) is 4.57 Å². The molecular formula is C37H22N2. The summed E-state index contributed by atoms with van der Waals surface area (Å²) in [5, 5.41) is 9.86. The van der Waals surface area contributed by atoms with E-state index in [1.807, 2.05) is 12.1 Å². The second-order valence-corrected chi connectivity index (χ2v) is 10.1. The predicted molar refractivity (Wildman–Crippen MR) is 165 cm³/mol. The van der Waals surface area contributed by atoms with Crippen LogP contribution in [0.25, 0.3) is 75.8 Å². The highest BCUT2D eigenvalue weighted by Crippen LogP contribution is 2.40. The summed E-state index contributed by atoms with van der Waals surface area (Å²) in [5.74, 6) is 0. The molecule has 0 aliphatic heterocycles. The predicted octanol–water partition coefficient (Wildman–Crippen LogP) is 10.5. The Morgan fingerprint density at radius 1 is 0.462 bits per heavy atom. The fourth-order valence-corrected chi connectivity index (χ4v) is 6.22. The van der Waals surface area contributed by atoms with E-state index in [2.05, 4.69) is 131 Å². The van der Waals surface area contributed by atoms with E-state index in [1.165, 1.54) is 43.4 Å². The van der Waals surface area contributed by atoms with E-state index in [4.69, 9.17) is 6.57 Å². The molecule has 0 amide bonds. The summed E-state index contributed by atoms with van der Waals surface area (Å²) in [6, 6.07) is 47.5. The van der Waals surface area contributed by atoms with Crippen molar-refractivity contribution in [3.63, 3.8) is 0 Å². The van der Waals surface area contributed by atoms with Crippen molar-refractivity contribution < 1.29 is 0 Å². The van der Waals surface area contributed by atoms with E-state index in [9.17, 15) is 0 Å². The third kappa shape index (κ3) is 3.21. The van der Waals surface area contributed by atoms with Crippen LogP contribution in [0.5, 0.6) is 0 Å². The Morgan fingerprint density at radius 2 is 1.15 bits per heavy atom. The van der Waals surface area contributed by atoms with Crippen molar-refractivity contribution in [3.8, 4) is 16.8 Å². The van der Waals surface area contributed by atoms with Gasteiger partial charge in [-0.3, -0.25) is 0 Å². The van der Waals surface area contributed by atoms with Crippen LogP contribution in [0.15, 0.2) is 133 Å². The maximum absolute atomic E-state index is 7.48. The molecule has 0 unspecified atom stereocenters. The third-order valence-corrected chi connectivity index (χ3v) is 7.97. The fraction of sp³-hybridized carbons (Fsp3) is 0. The zero-order valence-corrected chi connectivity index (χ0v) is 21.1. The van der Waals surface area contributed by atoms with Crippen LogP contribution in [0.3, 0.4) is 0 Å². The van der Waals surface area contributed by atoms with E-state index in [-0.39, 0.29) is 0 Å². The summed E-state index contributed by atoms with van der Waals surface area (Å²) in [4.78, 5) is 3.66. The average molecular weight is 495 g/mol. The molecule has 0 spiro atoms. The lowest BCUT2D eigenvalue weighted by Crippen LogP contribution is -1.94. The number of fused-ring (bicyclic) bond motifs is 7. The first-order valence-corrected chi connectivity index (χ1v) is 13.1. The van der Waals surface area contributed by atoms with Crippen molar-refractivity contribution in [2.45, 2.75) is 0 Å². The number of rotatable bonds is 2. The van der Waals surface area contributed by atoms with Gasteiger partial charge in [0.25, 0.3) is 0 Å². The largest absolute Gasteiger partial charge is 0.309 e. The van der Waals surface area contributed by atoms with Crippen LogP contribution in [-0.4, -0.2) is 4.57 Å². The van der Waals surface area contributed by atoms with E-state index < -0.39 is 0 Å². The van der Waals surface area contributed by atoms with Gasteiger partial charge in [-0.05, 0) is 85.2 Å². The molecule has 8 aromatic rings. The van der Waals surface area contributed by atoms with Gasteiger partial charge in [0.2, 0.25) is 0 Å². The Kier molecular flexibility index (Phi) is 4.62. The molecule has 2 nitrogen and oxygen atoms in total. The third-order valence-electron chi connectivity index (χ3n) is 7.97. The Morgan fingerprint density at radius 3 is 1.97 bits per heavy atom. The van der Waals surface area contributed by atoms with Gasteiger partial charge < -0.3 is 4.57 Å². The molecule has 0 saturated heterocycles. The minimum absolute atomic E-state index is 0.663. The van der Waals surface area contributed by atoms with E-state index >= 15 is 0 Å². The molecule has 2 heteroatoms. The highest BCUT2D eigenvalue weighted by Gasteiger charge is 2.15. The molecule has 0 aliphatic carbocycles. The molecule has 1 aromatic heterocycles. The van der Waals surface area contributed by atoms with Crippen molar-refractivity contribution in [2.75, 3.05) is 0 Å². The second-order valence-electron chi connectivity index (χ2n) is 10.1. The van der Waals surface area contributed by atoms with Gasteiger partial charge in [-0.15, -0.1) is 0 Å². The lowest BCUT2D eigenvalue weighted by molar-refractivity contribution is 1.18. The van der Waals surface area contributed by atoms with Gasteiger partial charge in [0.1, 0.15) is 0 Å². The Labute approximate surface area is 225 Å². The van der Waals surface area contributed by atoms with Crippen molar-refractivity contribution in [3.05, 3.63) is 145 Å². The molecule has 0 radical (unpaired) electrons. The summed E-state index contributed by atoms with van der Waals surface area (Å²) < 4.78 is 2.30. The van der Waals surface area contributed by atoms with Gasteiger partial charge in [-0.25, -0.2) is 4.85 Å². The first kappa shape index (κ1) is 21.7. The SMILES string of the molecule is [C-]#[N+]c1ccc2c(c1)c1ccccc1n2-c1ccc(-c2c3ccccc3cc3c2ccc2ccccc23)cc1. The summed E-state index contributed by atoms with van der Waals surface area (Å²) in [5.41, 5.74) is 6.49. The summed E-state index contributed by atoms with van der Waals surface area (Å²) in [6.45, 7) is 7.48. The van der Waals surface area contributed by atoms with Crippen molar-refractivity contribution in [2.24, 2.45) is 0 Å². The monoisotopic (exact) mass is 494 g/mol. The maximum atomic E-state index is 7.48. The number of benzene rings is 7. The number of para-hydroxylation sites is 1. The molecule has 0 saturated carbocycles. The highest BCUT2D eigenvalue weighted by atomic mass is 15.0. The van der Waals surface area contributed by atoms with Crippen LogP contribution in [0.1, 0.15) is 0 Å². The van der Waals surface area contributed by atoms with E-state index in [0.29, 0.717) is 5.69 Å². The smallest absolute Gasteiger partial charge is 0.188 e. The molecule has 7 aromatic carbocycles. The quantitative estimate of drug-likeness (QED) is 0.128. The van der Waals surface area contributed by atoms with Crippen LogP contribution < -0.4 is 0 Å². The summed E-state index contributed by atoms with van der Waals surface area (Å²) in [6.07, 6.45) is 0. The molecule has 180 valence electrons. The molecular weight excluding hydrogens is 472 g/mol. The van der Waals surface area contributed by atoms with E-state index in [1.54, 1.807) is 0 Å². The molecule has 0 aliphatic rings. The van der Waals surface area contributed by atoms with Crippen LogP contribution in [-0.2, 0) is 0 Å². The van der Waals surface area contributed by atoms with E-state index in [0.717, 1.165) is 27.5 Å². The van der Waals surface area contributed by atoms with Gasteiger partial charge in [0, 0.05) is 11.1 Å². The molecule has 0 atom stereocenters. The van der Waals surface area contributed by atoms with Gasteiger partial charge in [-0.1, -0.05) is 97.1 Å². The minimum Gasteiger partial charge on any atom is -0.309 e. The van der Waals surface area contributed by atoms with Crippen molar-refractivity contribution >= 4 is 59.8 Å². The molecule has 0 bridgehead atoms. The zero-order chi connectivity index (χ0) is 25.9.